The highest BCUT2D eigenvalue weighted by Crippen LogP contribution is 2.14. The molecule has 0 saturated carbocycles. The third-order valence-electron chi connectivity index (χ3n) is 11.0. The molecule has 0 aromatic rings. The summed E-state index contributed by atoms with van der Waals surface area (Å²) in [4.78, 5) is 38.0. The van der Waals surface area contributed by atoms with Crippen LogP contribution in [-0.2, 0) is 28.6 Å². The average molecular weight is 853 g/mol. The fourth-order valence-electron chi connectivity index (χ4n) is 7.00. The number of carbonyl (C=O) groups excluding carboxylic acids is 3. The molecule has 1 unspecified atom stereocenters. The highest BCUT2D eigenvalue weighted by atomic mass is 16.6. The fourth-order valence-corrected chi connectivity index (χ4v) is 7.00. The van der Waals surface area contributed by atoms with Crippen LogP contribution < -0.4 is 0 Å². The Morgan fingerprint density at radius 2 is 0.607 bits per heavy atom. The van der Waals surface area contributed by atoms with E-state index in [1.165, 1.54) is 103 Å². The molecule has 0 aromatic carbocycles. The van der Waals surface area contributed by atoms with Gasteiger partial charge in [0.15, 0.2) is 6.10 Å². The lowest BCUT2D eigenvalue weighted by Crippen LogP contribution is -2.30. The molecule has 0 aromatic heterocycles. The number of hydrogen-bond acceptors (Lipinski definition) is 6. The van der Waals surface area contributed by atoms with Gasteiger partial charge in [-0.05, 0) is 96.3 Å². The third kappa shape index (κ3) is 48.0. The summed E-state index contributed by atoms with van der Waals surface area (Å²) >= 11 is 0. The zero-order valence-corrected chi connectivity index (χ0v) is 40.2. The quantitative estimate of drug-likeness (QED) is 0.0263. The highest BCUT2D eigenvalue weighted by molar-refractivity contribution is 5.71. The van der Waals surface area contributed by atoms with Crippen molar-refractivity contribution in [2.24, 2.45) is 0 Å². The number of hydrogen-bond donors (Lipinski definition) is 0. The van der Waals surface area contributed by atoms with E-state index in [0.717, 1.165) is 109 Å². The maximum absolute atomic E-state index is 12.8. The van der Waals surface area contributed by atoms with Crippen LogP contribution in [0.4, 0.5) is 0 Å². The average Bonchev–Trinajstić information content (AvgIpc) is 3.26. The molecule has 0 fully saturated rings. The van der Waals surface area contributed by atoms with E-state index >= 15 is 0 Å². The Bertz CT molecular complexity index is 1120. The smallest absolute Gasteiger partial charge is 0.306 e. The Kier molecular flexibility index (Phi) is 47.4. The predicted molar refractivity (Wildman–Crippen MR) is 261 cm³/mol. The van der Waals surface area contributed by atoms with Crippen molar-refractivity contribution < 1.29 is 28.6 Å². The molecular weight excluding hydrogens is 757 g/mol. The van der Waals surface area contributed by atoms with Gasteiger partial charge in [-0.2, -0.15) is 0 Å². The van der Waals surface area contributed by atoms with Crippen LogP contribution in [0.5, 0.6) is 0 Å². The number of esters is 3. The Morgan fingerprint density at radius 3 is 0.967 bits per heavy atom. The molecule has 0 aliphatic heterocycles. The molecular formula is C55H96O6. The summed E-state index contributed by atoms with van der Waals surface area (Å²) in [5.74, 6) is -0.922. The van der Waals surface area contributed by atoms with Crippen LogP contribution in [0.2, 0.25) is 0 Å². The van der Waals surface area contributed by atoms with Gasteiger partial charge in [0.25, 0.3) is 0 Å². The van der Waals surface area contributed by atoms with Gasteiger partial charge in [-0.1, -0.05) is 197 Å². The van der Waals surface area contributed by atoms with Gasteiger partial charge in [0.1, 0.15) is 13.2 Å². The second-order valence-electron chi connectivity index (χ2n) is 17.1. The molecule has 0 amide bonds. The van der Waals surface area contributed by atoms with Gasteiger partial charge in [-0.15, -0.1) is 0 Å². The highest BCUT2D eigenvalue weighted by Gasteiger charge is 2.19. The second kappa shape index (κ2) is 49.8. The lowest BCUT2D eigenvalue weighted by Gasteiger charge is -2.18. The van der Waals surface area contributed by atoms with Gasteiger partial charge in [-0.25, -0.2) is 0 Å². The van der Waals surface area contributed by atoms with Crippen molar-refractivity contribution in [2.75, 3.05) is 13.2 Å². The molecule has 61 heavy (non-hydrogen) atoms. The number of rotatable bonds is 46. The van der Waals surface area contributed by atoms with Gasteiger partial charge < -0.3 is 14.2 Å². The number of allylic oxidation sites excluding steroid dienone is 10. The Labute approximate surface area is 377 Å². The minimum atomic E-state index is -0.789. The predicted octanol–water partition coefficient (Wildman–Crippen LogP) is 16.9. The molecule has 6 heteroatoms. The van der Waals surface area contributed by atoms with Crippen LogP contribution >= 0.6 is 0 Å². The Balaban J connectivity index is 4.43. The molecule has 6 nitrogen and oxygen atoms in total. The fraction of sp³-hybridized carbons (Fsp3) is 0.764. The summed E-state index contributed by atoms with van der Waals surface area (Å²) in [7, 11) is 0. The van der Waals surface area contributed by atoms with E-state index in [4.69, 9.17) is 14.2 Å². The first-order chi connectivity index (χ1) is 30.0. The van der Waals surface area contributed by atoms with Crippen molar-refractivity contribution in [1.29, 1.82) is 0 Å². The number of carbonyl (C=O) groups is 3. The van der Waals surface area contributed by atoms with Gasteiger partial charge in [0.2, 0.25) is 0 Å². The molecule has 0 rings (SSSR count). The molecule has 0 saturated heterocycles. The van der Waals surface area contributed by atoms with Crippen molar-refractivity contribution in [3.8, 4) is 0 Å². The first-order valence-electron chi connectivity index (χ1n) is 25.8. The van der Waals surface area contributed by atoms with Crippen LogP contribution in [0.1, 0.15) is 252 Å². The van der Waals surface area contributed by atoms with E-state index < -0.39 is 6.10 Å². The second-order valence-corrected chi connectivity index (χ2v) is 17.1. The summed E-state index contributed by atoms with van der Waals surface area (Å²) < 4.78 is 16.8. The van der Waals surface area contributed by atoms with E-state index in [1.807, 2.05) is 0 Å². The Hall–Kier alpha value is -2.89. The first kappa shape index (κ1) is 58.1. The van der Waals surface area contributed by atoms with E-state index in [-0.39, 0.29) is 31.1 Å². The molecule has 0 N–H and O–H groups in total. The van der Waals surface area contributed by atoms with E-state index in [0.29, 0.717) is 19.3 Å². The van der Waals surface area contributed by atoms with Gasteiger partial charge >= 0.3 is 17.9 Å². The van der Waals surface area contributed by atoms with Crippen molar-refractivity contribution in [1.82, 2.24) is 0 Å². The summed E-state index contributed by atoms with van der Waals surface area (Å²) in [5, 5.41) is 0. The molecule has 1 atom stereocenters. The molecule has 0 heterocycles. The lowest BCUT2D eigenvalue weighted by atomic mass is 10.1. The van der Waals surface area contributed by atoms with Crippen molar-refractivity contribution in [2.45, 2.75) is 258 Å². The molecule has 0 spiro atoms. The summed E-state index contributed by atoms with van der Waals surface area (Å²) in [5.41, 5.74) is 0. The SMILES string of the molecule is CCCC/C=C\C/C=C\CCCCCCCC(=O)OCC(COC(=O)CCCCCCC/C=C\CCCCCCCC)OC(=O)CCCCCCC/C=C\C/C=C\CCCC. The topological polar surface area (TPSA) is 78.9 Å². The first-order valence-corrected chi connectivity index (χ1v) is 25.8. The zero-order chi connectivity index (χ0) is 44.4. The van der Waals surface area contributed by atoms with E-state index in [9.17, 15) is 14.4 Å². The van der Waals surface area contributed by atoms with E-state index in [2.05, 4.69) is 81.5 Å². The number of unbranched alkanes of at least 4 members (excludes halogenated alkanes) is 25. The summed E-state index contributed by atoms with van der Waals surface area (Å²) in [6, 6.07) is 0. The van der Waals surface area contributed by atoms with Crippen molar-refractivity contribution >= 4 is 17.9 Å². The molecule has 0 aliphatic rings. The maximum Gasteiger partial charge on any atom is 0.306 e. The summed E-state index contributed by atoms with van der Waals surface area (Å²) in [6.07, 6.45) is 60.5. The summed E-state index contributed by atoms with van der Waals surface area (Å²) in [6.45, 7) is 6.52. The van der Waals surface area contributed by atoms with Crippen molar-refractivity contribution in [3.05, 3.63) is 60.8 Å². The van der Waals surface area contributed by atoms with Crippen LogP contribution in [-0.4, -0.2) is 37.2 Å². The molecule has 352 valence electrons. The van der Waals surface area contributed by atoms with Crippen LogP contribution in [0.15, 0.2) is 60.8 Å². The largest absolute Gasteiger partial charge is 0.462 e. The monoisotopic (exact) mass is 853 g/mol. The normalized spacial score (nSPS) is 12.5. The molecule has 0 aliphatic carbocycles. The zero-order valence-electron chi connectivity index (χ0n) is 40.2. The van der Waals surface area contributed by atoms with Gasteiger partial charge in [0, 0.05) is 19.3 Å². The van der Waals surface area contributed by atoms with E-state index in [1.54, 1.807) is 0 Å². The third-order valence-corrected chi connectivity index (χ3v) is 11.0. The molecule has 0 radical (unpaired) electrons. The minimum absolute atomic E-state index is 0.0887. The van der Waals surface area contributed by atoms with Gasteiger partial charge in [-0.3, -0.25) is 14.4 Å². The Morgan fingerprint density at radius 1 is 0.328 bits per heavy atom. The molecule has 0 bridgehead atoms. The van der Waals surface area contributed by atoms with Crippen LogP contribution in [0, 0.1) is 0 Å². The van der Waals surface area contributed by atoms with Crippen molar-refractivity contribution in [3.63, 3.8) is 0 Å². The van der Waals surface area contributed by atoms with Crippen LogP contribution in [0.25, 0.3) is 0 Å². The van der Waals surface area contributed by atoms with Gasteiger partial charge in [0.05, 0.1) is 0 Å². The number of ether oxygens (including phenoxy) is 3. The minimum Gasteiger partial charge on any atom is -0.462 e. The maximum atomic E-state index is 12.8. The standard InChI is InChI=1S/C55H96O6/c1-4-7-10-13-16-19-22-25-28-31-33-36-39-42-45-48-54(57)60-51-52(61-55(58)49-46-43-40-37-34-30-27-24-21-18-15-12-9-6-3)50-59-53(56)47-44-41-38-35-32-29-26-23-20-17-14-11-8-5-2/h14-15,17-18,23-28,52H,4-13,16,19-22,29-51H2,1-3H3/b17-14-,18-15-,26-23-,27-24-,28-25-. The lowest BCUT2D eigenvalue weighted by molar-refractivity contribution is -0.167. The van der Waals surface area contributed by atoms with Crippen LogP contribution in [0.3, 0.4) is 0 Å².